The standard InChI is InChI=1S/C27H27N5O3/c1-2-20-6-3-7-21(16-20)30-27-22-17-24-25(18-23(22)28-19-29-27)35-13-5-10-32(24)26(33)8-4-9-31-11-14-34-15-12-31/h1,3-4,6-8,16-19H,5,9-15H2,(H,28,29,30)/b8-4+. The van der Waals surface area contributed by atoms with Crippen LogP contribution >= 0.6 is 0 Å². The fourth-order valence-electron chi connectivity index (χ4n) is 4.25. The predicted octanol–water partition coefficient (Wildman–Crippen LogP) is 3.36. The highest BCUT2D eigenvalue weighted by Gasteiger charge is 2.23. The van der Waals surface area contributed by atoms with Crippen molar-refractivity contribution in [3.05, 3.63) is 60.4 Å². The lowest BCUT2D eigenvalue weighted by Gasteiger charge is -2.25. The van der Waals surface area contributed by atoms with Crippen molar-refractivity contribution in [2.75, 3.05) is 56.2 Å². The molecule has 8 nitrogen and oxygen atoms in total. The second kappa shape index (κ2) is 10.6. The number of hydrogen-bond donors (Lipinski definition) is 1. The normalized spacial score (nSPS) is 16.4. The molecular formula is C27H27N5O3. The summed E-state index contributed by atoms with van der Waals surface area (Å²) < 4.78 is 11.4. The van der Waals surface area contributed by atoms with Crippen molar-refractivity contribution in [2.45, 2.75) is 6.42 Å². The summed E-state index contributed by atoms with van der Waals surface area (Å²) in [5, 5.41) is 4.13. The van der Waals surface area contributed by atoms with Gasteiger partial charge in [-0.3, -0.25) is 9.69 Å². The summed E-state index contributed by atoms with van der Waals surface area (Å²) in [5.41, 5.74) is 3.04. The van der Waals surface area contributed by atoms with Crippen LogP contribution in [-0.4, -0.2) is 66.8 Å². The Kier molecular flexibility index (Phi) is 6.89. The van der Waals surface area contributed by atoms with E-state index >= 15 is 0 Å². The molecule has 0 bridgehead atoms. The molecule has 0 spiro atoms. The first-order valence-electron chi connectivity index (χ1n) is 11.7. The Labute approximate surface area is 204 Å². The Bertz CT molecular complexity index is 1290. The monoisotopic (exact) mass is 469 g/mol. The molecule has 1 N–H and O–H groups in total. The molecule has 0 atom stereocenters. The second-order valence-corrected chi connectivity index (χ2v) is 8.42. The van der Waals surface area contributed by atoms with Crippen molar-refractivity contribution in [1.82, 2.24) is 14.9 Å². The maximum Gasteiger partial charge on any atom is 0.250 e. The van der Waals surface area contributed by atoms with E-state index in [1.165, 1.54) is 6.33 Å². The van der Waals surface area contributed by atoms with Crippen LogP contribution in [0.4, 0.5) is 17.2 Å². The minimum Gasteiger partial charge on any atom is -0.491 e. The van der Waals surface area contributed by atoms with Gasteiger partial charge in [-0.2, -0.15) is 0 Å². The number of rotatable bonds is 5. The minimum absolute atomic E-state index is 0.0718. The highest BCUT2D eigenvalue weighted by Crippen LogP contribution is 2.37. The van der Waals surface area contributed by atoms with E-state index in [4.69, 9.17) is 15.9 Å². The molecule has 3 heterocycles. The molecule has 0 aliphatic carbocycles. The summed E-state index contributed by atoms with van der Waals surface area (Å²) >= 11 is 0. The summed E-state index contributed by atoms with van der Waals surface area (Å²) in [6.07, 6.45) is 11.4. The average molecular weight is 470 g/mol. The van der Waals surface area contributed by atoms with Crippen molar-refractivity contribution in [3.63, 3.8) is 0 Å². The van der Waals surface area contributed by atoms with Crippen LogP contribution in [0.25, 0.3) is 10.9 Å². The molecular weight excluding hydrogens is 442 g/mol. The van der Waals surface area contributed by atoms with Crippen molar-refractivity contribution < 1.29 is 14.3 Å². The minimum atomic E-state index is -0.0718. The van der Waals surface area contributed by atoms with Crippen LogP contribution in [0.15, 0.2) is 54.9 Å². The van der Waals surface area contributed by atoms with Gasteiger partial charge in [0.15, 0.2) is 0 Å². The summed E-state index contributed by atoms with van der Waals surface area (Å²) in [5.74, 6) is 3.85. The van der Waals surface area contributed by atoms with Gasteiger partial charge in [-0.05, 0) is 30.7 Å². The molecule has 0 radical (unpaired) electrons. The van der Waals surface area contributed by atoms with Crippen molar-refractivity contribution >= 4 is 34.0 Å². The number of aromatic nitrogens is 2. The average Bonchev–Trinajstić information content (AvgIpc) is 3.10. The fourth-order valence-corrected chi connectivity index (χ4v) is 4.25. The third-order valence-corrected chi connectivity index (χ3v) is 6.08. The molecule has 2 aromatic carbocycles. The molecule has 3 aromatic rings. The first kappa shape index (κ1) is 22.8. The SMILES string of the molecule is C#Cc1cccc(Nc2ncnc3cc4c(cc23)N(C(=O)/C=C/CN2CCOCC2)CCCO4)c1. The third-order valence-electron chi connectivity index (χ3n) is 6.08. The van der Waals surface area contributed by atoms with Gasteiger partial charge in [0.05, 0.1) is 31.0 Å². The van der Waals surface area contributed by atoms with Gasteiger partial charge >= 0.3 is 0 Å². The molecule has 8 heteroatoms. The molecule has 1 saturated heterocycles. The number of carbonyl (C=O) groups is 1. The molecule has 35 heavy (non-hydrogen) atoms. The van der Waals surface area contributed by atoms with Gasteiger partial charge in [-0.1, -0.05) is 18.1 Å². The van der Waals surface area contributed by atoms with Gasteiger partial charge in [0.2, 0.25) is 0 Å². The number of hydrogen-bond acceptors (Lipinski definition) is 7. The Balaban J connectivity index is 1.44. The number of fused-ring (bicyclic) bond motifs is 2. The molecule has 2 aliphatic heterocycles. The van der Waals surface area contributed by atoms with Crippen molar-refractivity contribution in [1.29, 1.82) is 0 Å². The Hall–Kier alpha value is -3.93. The van der Waals surface area contributed by atoms with Crippen LogP contribution in [0.1, 0.15) is 12.0 Å². The van der Waals surface area contributed by atoms with Crippen LogP contribution < -0.4 is 15.0 Å². The molecule has 1 amide bonds. The lowest BCUT2D eigenvalue weighted by atomic mass is 10.1. The summed E-state index contributed by atoms with van der Waals surface area (Å²) in [7, 11) is 0. The summed E-state index contributed by atoms with van der Waals surface area (Å²) in [4.78, 5) is 26.1. The van der Waals surface area contributed by atoms with Crippen LogP contribution in [0.2, 0.25) is 0 Å². The van der Waals surface area contributed by atoms with Crippen LogP contribution in [0.3, 0.4) is 0 Å². The molecule has 1 aromatic heterocycles. The highest BCUT2D eigenvalue weighted by molar-refractivity contribution is 6.05. The molecule has 5 rings (SSSR count). The molecule has 0 saturated carbocycles. The number of morpholine rings is 1. The van der Waals surface area contributed by atoms with E-state index in [9.17, 15) is 4.79 Å². The van der Waals surface area contributed by atoms with E-state index in [-0.39, 0.29) is 5.91 Å². The maximum atomic E-state index is 13.2. The van der Waals surface area contributed by atoms with Gasteiger partial charge < -0.3 is 19.7 Å². The van der Waals surface area contributed by atoms with Gasteiger partial charge in [0.25, 0.3) is 5.91 Å². The topological polar surface area (TPSA) is 79.8 Å². The van der Waals surface area contributed by atoms with E-state index in [0.29, 0.717) is 30.4 Å². The Morgan fingerprint density at radius 3 is 2.89 bits per heavy atom. The van der Waals surface area contributed by atoms with Gasteiger partial charge in [-0.25, -0.2) is 9.97 Å². The number of ether oxygens (including phenoxy) is 2. The molecule has 2 aliphatic rings. The second-order valence-electron chi connectivity index (χ2n) is 8.42. The Morgan fingerprint density at radius 2 is 2.03 bits per heavy atom. The third kappa shape index (κ3) is 5.27. The van der Waals surface area contributed by atoms with Gasteiger partial charge in [-0.15, -0.1) is 6.42 Å². The first-order chi connectivity index (χ1) is 17.2. The predicted molar refractivity (Wildman–Crippen MR) is 136 cm³/mol. The number of amides is 1. The van der Waals surface area contributed by atoms with E-state index in [1.54, 1.807) is 11.0 Å². The lowest BCUT2D eigenvalue weighted by molar-refractivity contribution is -0.114. The number of nitrogens with zero attached hydrogens (tertiary/aromatic N) is 4. The fraction of sp³-hybridized carbons (Fsp3) is 0.296. The van der Waals surface area contributed by atoms with Crippen LogP contribution in [-0.2, 0) is 9.53 Å². The zero-order chi connectivity index (χ0) is 24.0. The van der Waals surface area contributed by atoms with E-state index in [0.717, 1.165) is 61.4 Å². The van der Waals surface area contributed by atoms with Crippen LogP contribution in [0.5, 0.6) is 5.75 Å². The molecule has 178 valence electrons. The largest absolute Gasteiger partial charge is 0.491 e. The van der Waals surface area contributed by atoms with E-state index < -0.39 is 0 Å². The van der Waals surface area contributed by atoms with Gasteiger partial charge in [0, 0.05) is 55.0 Å². The first-order valence-corrected chi connectivity index (χ1v) is 11.7. The quantitative estimate of drug-likeness (QED) is 0.453. The smallest absolute Gasteiger partial charge is 0.250 e. The summed E-state index contributed by atoms with van der Waals surface area (Å²) in [6, 6.07) is 11.4. The van der Waals surface area contributed by atoms with Gasteiger partial charge in [0.1, 0.15) is 17.9 Å². The zero-order valence-corrected chi connectivity index (χ0v) is 19.4. The highest BCUT2D eigenvalue weighted by atomic mass is 16.5. The number of carbonyl (C=O) groups excluding carboxylic acids is 1. The number of nitrogens with one attached hydrogen (secondary N) is 1. The Morgan fingerprint density at radius 1 is 1.14 bits per heavy atom. The lowest BCUT2D eigenvalue weighted by Crippen LogP contribution is -2.36. The number of terminal acetylenes is 1. The van der Waals surface area contributed by atoms with E-state index in [2.05, 4.69) is 26.1 Å². The molecule has 1 fully saturated rings. The van der Waals surface area contributed by atoms with Crippen LogP contribution in [0, 0.1) is 12.3 Å². The van der Waals surface area contributed by atoms with Crippen molar-refractivity contribution in [2.24, 2.45) is 0 Å². The summed E-state index contributed by atoms with van der Waals surface area (Å²) in [6.45, 7) is 5.06. The number of benzene rings is 2. The molecule has 0 unspecified atom stereocenters. The zero-order valence-electron chi connectivity index (χ0n) is 19.4. The van der Waals surface area contributed by atoms with E-state index in [1.807, 2.05) is 42.5 Å². The number of anilines is 3. The maximum absolute atomic E-state index is 13.2. The van der Waals surface area contributed by atoms with Crippen molar-refractivity contribution in [3.8, 4) is 18.1 Å².